The minimum absolute atomic E-state index is 0.0134. The van der Waals surface area contributed by atoms with E-state index in [1.165, 1.54) is 32.4 Å². The lowest BCUT2D eigenvalue weighted by molar-refractivity contribution is -0.159. The maximum absolute atomic E-state index is 13.3. The Morgan fingerprint density at radius 2 is 1.40 bits per heavy atom. The van der Waals surface area contributed by atoms with Crippen molar-refractivity contribution >= 4 is 64.4 Å². The summed E-state index contributed by atoms with van der Waals surface area (Å²) >= 11 is 6.15. The first-order valence-electron chi connectivity index (χ1n) is 14.3. The Labute approximate surface area is 264 Å². The number of carbonyl (C=O) groups excluding carboxylic acids is 2. The second-order valence-electron chi connectivity index (χ2n) is 10.0. The first-order valence-corrected chi connectivity index (χ1v) is 14.7. The van der Waals surface area contributed by atoms with E-state index in [0.717, 1.165) is 38.9 Å². The molecular formula is C30H37ClN4O10. The first kappa shape index (κ1) is 36.7. The summed E-state index contributed by atoms with van der Waals surface area (Å²) in [5.41, 5.74) is 2.30. The molecule has 15 heteroatoms. The van der Waals surface area contributed by atoms with Gasteiger partial charge in [0.05, 0.1) is 22.6 Å². The van der Waals surface area contributed by atoms with E-state index < -0.39 is 23.9 Å². The van der Waals surface area contributed by atoms with E-state index in [4.69, 9.17) is 51.2 Å². The van der Waals surface area contributed by atoms with Crippen LogP contribution in [0.3, 0.4) is 0 Å². The lowest BCUT2D eigenvalue weighted by Crippen LogP contribution is -2.36. The molecule has 0 aromatic heterocycles. The highest BCUT2D eigenvalue weighted by Gasteiger charge is 2.29. The molecule has 14 nitrogen and oxygen atoms in total. The summed E-state index contributed by atoms with van der Waals surface area (Å²) in [6.45, 7) is 5.61. The maximum atomic E-state index is 13.3. The van der Waals surface area contributed by atoms with Crippen molar-refractivity contribution in [2.45, 2.75) is 44.9 Å². The van der Waals surface area contributed by atoms with Crippen molar-refractivity contribution in [2.24, 2.45) is 0 Å². The number of fused-ring (bicyclic) bond motifs is 2. The molecule has 0 bridgehead atoms. The molecule has 0 spiro atoms. The Bertz CT molecular complexity index is 1320. The lowest BCUT2D eigenvalue weighted by atomic mass is 10.1. The van der Waals surface area contributed by atoms with Gasteiger partial charge in [0.25, 0.3) is 5.91 Å². The second-order valence-corrected chi connectivity index (χ2v) is 10.5. The second kappa shape index (κ2) is 19.0. The number of halogens is 1. The molecule has 1 saturated heterocycles. The third-order valence-corrected chi connectivity index (χ3v) is 6.99. The highest BCUT2D eigenvalue weighted by atomic mass is 35.5. The maximum Gasteiger partial charge on any atom is 0.414 e. The number of benzene rings is 2. The van der Waals surface area contributed by atoms with E-state index in [0.29, 0.717) is 34.1 Å². The average Bonchev–Trinajstić information content (AvgIpc) is 3.12. The fourth-order valence-corrected chi connectivity index (χ4v) is 4.78. The van der Waals surface area contributed by atoms with E-state index in [1.807, 2.05) is 18.2 Å². The number of aliphatic carboxylic acids is 4. The van der Waals surface area contributed by atoms with Crippen LogP contribution in [0, 0.1) is 0 Å². The Morgan fingerprint density at radius 3 is 2.02 bits per heavy atom. The normalized spacial score (nSPS) is 13.7. The van der Waals surface area contributed by atoms with Crippen LogP contribution in [0.1, 0.15) is 55.3 Å². The number of piperidine rings is 1. The number of rotatable bonds is 9. The van der Waals surface area contributed by atoms with Gasteiger partial charge in [0, 0.05) is 24.5 Å². The van der Waals surface area contributed by atoms with Gasteiger partial charge in [-0.1, -0.05) is 36.6 Å². The molecule has 2 aliphatic rings. The van der Waals surface area contributed by atoms with Crippen LogP contribution in [0.5, 0.6) is 0 Å². The van der Waals surface area contributed by atoms with Crippen LogP contribution in [-0.2, 0) is 24.0 Å². The lowest BCUT2D eigenvalue weighted by Gasteiger charge is -2.26. The number of nitrogens with one attached hydrogen (secondary N) is 2. The molecule has 2 aromatic carbocycles. The molecule has 6 N–H and O–H groups in total. The molecule has 45 heavy (non-hydrogen) atoms. The number of hydrogen-bond acceptors (Lipinski definition) is 8. The third kappa shape index (κ3) is 12.5. The van der Waals surface area contributed by atoms with E-state index in [-0.39, 0.29) is 11.8 Å². The Hall–Kier alpha value is -4.53. The number of para-hydroxylation sites is 1. The number of amides is 2. The van der Waals surface area contributed by atoms with Crippen molar-refractivity contribution in [2.75, 3.05) is 42.9 Å². The van der Waals surface area contributed by atoms with Gasteiger partial charge >= 0.3 is 23.9 Å². The van der Waals surface area contributed by atoms with E-state index >= 15 is 0 Å². The highest BCUT2D eigenvalue weighted by molar-refractivity contribution is 6.31. The molecule has 2 aliphatic heterocycles. The van der Waals surface area contributed by atoms with Crippen LogP contribution in [-0.4, -0.2) is 93.7 Å². The summed E-state index contributed by atoms with van der Waals surface area (Å²) in [4.78, 5) is 66.6. The topological polar surface area (TPSA) is 214 Å². The zero-order valence-electron chi connectivity index (χ0n) is 24.5. The van der Waals surface area contributed by atoms with Gasteiger partial charge in [-0.3, -0.25) is 14.5 Å². The molecular weight excluding hydrogens is 612 g/mol. The number of carboxylic acid groups (broad SMARTS) is 4. The molecule has 1 fully saturated rings. The van der Waals surface area contributed by atoms with Crippen LogP contribution in [0.15, 0.2) is 42.5 Å². The molecule has 244 valence electrons. The molecule has 4 rings (SSSR count). The van der Waals surface area contributed by atoms with Crippen molar-refractivity contribution in [3.05, 3.63) is 53.1 Å². The van der Waals surface area contributed by atoms with Gasteiger partial charge in [0.2, 0.25) is 5.91 Å². The summed E-state index contributed by atoms with van der Waals surface area (Å²) in [6.07, 6.45) is 7.32. The number of nitrogens with zero attached hydrogens (tertiary/aromatic N) is 2. The molecule has 0 radical (unpaired) electrons. The summed E-state index contributed by atoms with van der Waals surface area (Å²) in [6, 6.07) is 12.5. The summed E-state index contributed by atoms with van der Waals surface area (Å²) in [5.74, 6) is -7.55. The SMILES string of the molecule is O=C(O)C(=O)O.O=C(O)C(=O)O.O=C1Nc2cc(Cl)ccc2N(C(=O)CCCCCNCCN2CCCCC2)c2ccccc21. The number of carboxylic acids is 4. The zero-order chi connectivity index (χ0) is 33.4. The Morgan fingerprint density at radius 1 is 0.778 bits per heavy atom. The largest absolute Gasteiger partial charge is 0.473 e. The monoisotopic (exact) mass is 648 g/mol. The van der Waals surface area contributed by atoms with Gasteiger partial charge in [-0.05, 0) is 75.6 Å². The quantitative estimate of drug-likeness (QED) is 0.170. The number of anilines is 3. The molecule has 0 saturated carbocycles. The van der Waals surface area contributed by atoms with Gasteiger partial charge in [-0.25, -0.2) is 19.2 Å². The molecule has 0 atom stereocenters. The third-order valence-electron chi connectivity index (χ3n) is 6.75. The van der Waals surface area contributed by atoms with Gasteiger partial charge in [0.1, 0.15) is 0 Å². The van der Waals surface area contributed by atoms with E-state index in [1.54, 1.807) is 29.2 Å². The fourth-order valence-electron chi connectivity index (χ4n) is 4.61. The first-order chi connectivity index (χ1) is 21.4. The van der Waals surface area contributed by atoms with Gasteiger partial charge in [-0.2, -0.15) is 0 Å². The minimum Gasteiger partial charge on any atom is -0.473 e. The van der Waals surface area contributed by atoms with Crippen LogP contribution < -0.4 is 15.5 Å². The van der Waals surface area contributed by atoms with Crippen LogP contribution >= 0.6 is 11.6 Å². The van der Waals surface area contributed by atoms with Crippen molar-refractivity contribution in [1.82, 2.24) is 10.2 Å². The average molecular weight is 649 g/mol. The summed E-state index contributed by atoms with van der Waals surface area (Å²) in [7, 11) is 0. The van der Waals surface area contributed by atoms with E-state index in [9.17, 15) is 9.59 Å². The molecule has 0 unspecified atom stereocenters. The van der Waals surface area contributed by atoms with Gasteiger partial charge < -0.3 is 36.0 Å². The van der Waals surface area contributed by atoms with Crippen molar-refractivity contribution in [1.29, 1.82) is 0 Å². The van der Waals surface area contributed by atoms with Crippen LogP contribution in [0.4, 0.5) is 17.1 Å². The molecule has 2 heterocycles. The number of likely N-dealkylation sites (tertiary alicyclic amines) is 1. The van der Waals surface area contributed by atoms with Crippen molar-refractivity contribution in [3.63, 3.8) is 0 Å². The Balaban J connectivity index is 0.000000499. The smallest absolute Gasteiger partial charge is 0.414 e. The standard InChI is InChI=1S/C26H33ClN4O2.2C2H2O4/c27-20-12-13-24-22(19-20)29-26(33)21-9-4-5-10-23(21)31(24)25(32)11-3-1-6-14-28-15-18-30-16-7-2-8-17-30;2*3-1(4)2(5)6/h4-5,9-10,12-13,19,28H,1-3,6-8,11,14-18H2,(H,29,33);2*(H,3,4)(H,5,6). The predicted molar refractivity (Wildman–Crippen MR) is 165 cm³/mol. The summed E-state index contributed by atoms with van der Waals surface area (Å²) < 4.78 is 0. The predicted octanol–water partition coefficient (Wildman–Crippen LogP) is 3.52. The van der Waals surface area contributed by atoms with Crippen LogP contribution in [0.25, 0.3) is 0 Å². The molecule has 2 aromatic rings. The van der Waals surface area contributed by atoms with Crippen molar-refractivity contribution < 1.29 is 49.2 Å². The summed E-state index contributed by atoms with van der Waals surface area (Å²) in [5, 5.41) is 36.5. The van der Waals surface area contributed by atoms with Crippen molar-refractivity contribution in [3.8, 4) is 0 Å². The van der Waals surface area contributed by atoms with E-state index in [2.05, 4.69) is 15.5 Å². The molecule has 0 aliphatic carbocycles. The minimum atomic E-state index is -1.82. The fraction of sp³-hybridized carbons (Fsp3) is 0.400. The zero-order valence-corrected chi connectivity index (χ0v) is 25.3. The van der Waals surface area contributed by atoms with Crippen LogP contribution in [0.2, 0.25) is 5.02 Å². The molecule has 2 amide bonds. The number of hydrogen-bond donors (Lipinski definition) is 6. The number of carbonyl (C=O) groups is 6. The Kier molecular flexibility index (Phi) is 15.5. The highest BCUT2D eigenvalue weighted by Crippen LogP contribution is 2.39. The van der Waals surface area contributed by atoms with Gasteiger partial charge in [0.15, 0.2) is 0 Å². The number of unbranched alkanes of at least 4 members (excludes halogenated alkanes) is 2. The van der Waals surface area contributed by atoms with Gasteiger partial charge in [-0.15, -0.1) is 0 Å².